The second kappa shape index (κ2) is 12.6. The van der Waals surface area contributed by atoms with E-state index in [1.165, 1.54) is 41.3 Å². The van der Waals surface area contributed by atoms with E-state index in [0.29, 0.717) is 27.2 Å². The van der Waals surface area contributed by atoms with Gasteiger partial charge in [-0.05, 0) is 62.4 Å². The Balaban J connectivity index is 2.05. The Hall–Kier alpha value is -2.78. The first kappa shape index (κ1) is 28.8. The average Bonchev–Trinajstić information content (AvgIpc) is 2.88. The van der Waals surface area contributed by atoms with E-state index in [9.17, 15) is 18.0 Å². The van der Waals surface area contributed by atoms with Crippen molar-refractivity contribution < 1.29 is 18.0 Å². The predicted octanol–water partition coefficient (Wildman–Crippen LogP) is 5.40. The predicted molar refractivity (Wildman–Crippen MR) is 148 cm³/mol. The number of likely N-dealkylation sites (N-methyl/N-ethyl adjacent to an activating group) is 1. The smallest absolute Gasteiger partial charge is 0.264 e. The van der Waals surface area contributed by atoms with Crippen LogP contribution in [0.25, 0.3) is 0 Å². The summed E-state index contributed by atoms with van der Waals surface area (Å²) in [6.07, 6.45) is 0. The quantitative estimate of drug-likeness (QED) is 0.347. The molecule has 3 aromatic carbocycles. The number of halogens is 3. The highest BCUT2D eigenvalue weighted by atomic mass is 35.5. The highest BCUT2D eigenvalue weighted by molar-refractivity contribution is 7.92. The zero-order valence-electron chi connectivity index (χ0n) is 20.2. The lowest BCUT2D eigenvalue weighted by atomic mass is 10.1. The van der Waals surface area contributed by atoms with Crippen molar-refractivity contribution in [1.82, 2.24) is 10.2 Å². The van der Waals surface area contributed by atoms with Crippen LogP contribution in [0, 0.1) is 0 Å². The van der Waals surface area contributed by atoms with E-state index in [4.69, 9.17) is 34.8 Å². The fourth-order valence-corrected chi connectivity index (χ4v) is 5.69. The zero-order valence-corrected chi connectivity index (χ0v) is 23.3. The summed E-state index contributed by atoms with van der Waals surface area (Å²) in [6.45, 7) is 3.00. The Labute approximate surface area is 232 Å². The molecule has 0 bridgehead atoms. The van der Waals surface area contributed by atoms with Gasteiger partial charge in [-0.1, -0.05) is 59.1 Å². The fourth-order valence-electron chi connectivity index (χ4n) is 3.61. The average molecular weight is 583 g/mol. The first-order valence-electron chi connectivity index (χ1n) is 11.4. The molecule has 1 unspecified atom stereocenters. The summed E-state index contributed by atoms with van der Waals surface area (Å²) >= 11 is 18.7. The van der Waals surface area contributed by atoms with Crippen molar-refractivity contribution in [2.75, 3.05) is 17.4 Å². The van der Waals surface area contributed by atoms with E-state index in [2.05, 4.69) is 5.32 Å². The molecule has 0 aliphatic heterocycles. The van der Waals surface area contributed by atoms with Crippen LogP contribution in [0.1, 0.15) is 19.4 Å². The van der Waals surface area contributed by atoms with Crippen LogP contribution in [0.3, 0.4) is 0 Å². The molecule has 0 aromatic heterocycles. The molecule has 0 radical (unpaired) electrons. The molecule has 11 heteroatoms. The van der Waals surface area contributed by atoms with Crippen molar-refractivity contribution in [3.63, 3.8) is 0 Å². The van der Waals surface area contributed by atoms with Crippen LogP contribution in [0.15, 0.2) is 77.7 Å². The molecule has 196 valence electrons. The minimum absolute atomic E-state index is 0.00947. The molecule has 1 N–H and O–H groups in total. The maximum Gasteiger partial charge on any atom is 0.264 e. The summed E-state index contributed by atoms with van der Waals surface area (Å²) in [7, 11) is -4.15. The van der Waals surface area contributed by atoms with Gasteiger partial charge in [-0.15, -0.1) is 0 Å². The molecule has 3 aromatic rings. The van der Waals surface area contributed by atoms with Crippen molar-refractivity contribution in [1.29, 1.82) is 0 Å². The number of benzene rings is 3. The zero-order chi connectivity index (χ0) is 27.2. The molecule has 2 amide bonds. The SMILES string of the molecule is CCNC(=O)C(C)N(Cc1c(Cl)cccc1Cl)C(=O)CN(c1ccc(Cl)cc1)S(=O)(=O)c1ccccc1. The number of sulfonamides is 1. The molecule has 0 saturated carbocycles. The maximum absolute atomic E-state index is 13.8. The Morgan fingerprint density at radius 1 is 0.892 bits per heavy atom. The van der Waals surface area contributed by atoms with Gasteiger partial charge < -0.3 is 10.2 Å². The van der Waals surface area contributed by atoms with Crippen LogP contribution in [-0.2, 0) is 26.2 Å². The van der Waals surface area contributed by atoms with Gasteiger partial charge in [0.25, 0.3) is 10.0 Å². The van der Waals surface area contributed by atoms with Gasteiger partial charge in [0.1, 0.15) is 12.6 Å². The second-order valence-corrected chi connectivity index (χ2v) is 11.2. The topological polar surface area (TPSA) is 86.8 Å². The van der Waals surface area contributed by atoms with Crippen LogP contribution in [0.4, 0.5) is 5.69 Å². The number of hydrogen-bond acceptors (Lipinski definition) is 4. The summed E-state index contributed by atoms with van der Waals surface area (Å²) in [5.74, 6) is -1.02. The summed E-state index contributed by atoms with van der Waals surface area (Å²) in [6, 6.07) is 17.9. The molecule has 0 spiro atoms. The number of hydrogen-bond donors (Lipinski definition) is 1. The number of anilines is 1. The largest absolute Gasteiger partial charge is 0.355 e. The van der Waals surface area contributed by atoms with Crippen LogP contribution < -0.4 is 9.62 Å². The highest BCUT2D eigenvalue weighted by Crippen LogP contribution is 2.28. The molecule has 37 heavy (non-hydrogen) atoms. The summed E-state index contributed by atoms with van der Waals surface area (Å²) in [5, 5.41) is 3.75. The lowest BCUT2D eigenvalue weighted by Crippen LogP contribution is -2.51. The van der Waals surface area contributed by atoms with Crippen molar-refractivity contribution in [3.8, 4) is 0 Å². The van der Waals surface area contributed by atoms with Crippen LogP contribution >= 0.6 is 34.8 Å². The second-order valence-electron chi connectivity index (χ2n) is 8.09. The van der Waals surface area contributed by atoms with Gasteiger partial charge in [0, 0.05) is 33.7 Å². The van der Waals surface area contributed by atoms with Gasteiger partial charge in [0.15, 0.2) is 0 Å². The van der Waals surface area contributed by atoms with Gasteiger partial charge >= 0.3 is 0 Å². The number of amides is 2. The molecule has 7 nitrogen and oxygen atoms in total. The Morgan fingerprint density at radius 3 is 2.05 bits per heavy atom. The lowest BCUT2D eigenvalue weighted by molar-refractivity contribution is -0.139. The molecule has 3 rings (SSSR count). The van der Waals surface area contributed by atoms with Crippen LogP contribution in [0.2, 0.25) is 15.1 Å². The number of nitrogens with zero attached hydrogens (tertiary/aromatic N) is 2. The van der Waals surface area contributed by atoms with Gasteiger partial charge in [-0.25, -0.2) is 8.42 Å². The van der Waals surface area contributed by atoms with E-state index < -0.39 is 34.4 Å². The van der Waals surface area contributed by atoms with Crippen LogP contribution in [-0.4, -0.2) is 44.3 Å². The molecule has 1 atom stereocenters. The van der Waals surface area contributed by atoms with Crippen molar-refractivity contribution >= 4 is 62.3 Å². The molecule has 0 aliphatic carbocycles. The minimum Gasteiger partial charge on any atom is -0.355 e. The number of carbonyl (C=O) groups excluding carboxylic acids is 2. The maximum atomic E-state index is 13.8. The van der Waals surface area contributed by atoms with E-state index in [-0.39, 0.29) is 17.1 Å². The Morgan fingerprint density at radius 2 is 1.49 bits per heavy atom. The third-order valence-corrected chi connectivity index (χ3v) is 8.38. The Bertz CT molecular complexity index is 1330. The van der Waals surface area contributed by atoms with E-state index in [1.54, 1.807) is 50.2 Å². The van der Waals surface area contributed by atoms with Crippen molar-refractivity contribution in [3.05, 3.63) is 93.4 Å². The number of nitrogens with one attached hydrogen (secondary N) is 1. The van der Waals surface area contributed by atoms with Gasteiger partial charge in [0.2, 0.25) is 11.8 Å². The third kappa shape index (κ3) is 6.96. The molecule has 0 heterocycles. The van der Waals surface area contributed by atoms with Gasteiger partial charge in [0.05, 0.1) is 10.6 Å². The molecular weight excluding hydrogens is 557 g/mol. The van der Waals surface area contributed by atoms with E-state index in [0.717, 1.165) is 4.31 Å². The first-order chi connectivity index (χ1) is 17.6. The molecule has 0 aliphatic rings. The Kier molecular flexibility index (Phi) is 9.84. The normalized spacial score (nSPS) is 12.0. The van der Waals surface area contributed by atoms with Gasteiger partial charge in [-0.3, -0.25) is 13.9 Å². The fraction of sp³-hybridized carbons (Fsp3) is 0.231. The van der Waals surface area contributed by atoms with E-state index in [1.807, 2.05) is 0 Å². The highest BCUT2D eigenvalue weighted by Gasteiger charge is 2.33. The van der Waals surface area contributed by atoms with Gasteiger partial charge in [-0.2, -0.15) is 0 Å². The standard InChI is InChI=1S/C26H26Cl3N3O4S/c1-3-30-26(34)18(2)31(16-22-23(28)10-7-11-24(22)29)25(33)17-32(20-14-12-19(27)13-15-20)37(35,36)21-8-5-4-6-9-21/h4-15,18H,3,16-17H2,1-2H3,(H,30,34). The van der Waals surface area contributed by atoms with Crippen molar-refractivity contribution in [2.45, 2.75) is 31.3 Å². The molecule has 0 saturated heterocycles. The lowest BCUT2D eigenvalue weighted by Gasteiger charge is -2.32. The van der Waals surface area contributed by atoms with Crippen LogP contribution in [0.5, 0.6) is 0 Å². The van der Waals surface area contributed by atoms with Crippen molar-refractivity contribution in [2.24, 2.45) is 0 Å². The number of rotatable bonds is 10. The van der Waals surface area contributed by atoms with E-state index >= 15 is 0 Å². The minimum atomic E-state index is -4.15. The third-order valence-electron chi connectivity index (χ3n) is 5.63. The molecular formula is C26H26Cl3N3O4S. The first-order valence-corrected chi connectivity index (χ1v) is 14.0. The monoisotopic (exact) mass is 581 g/mol. The molecule has 0 fully saturated rings. The number of carbonyl (C=O) groups is 2. The summed E-state index contributed by atoms with van der Waals surface area (Å²) < 4.78 is 28.3. The summed E-state index contributed by atoms with van der Waals surface area (Å²) in [5.41, 5.74) is 0.683. The summed E-state index contributed by atoms with van der Waals surface area (Å²) in [4.78, 5) is 27.8.